The van der Waals surface area contributed by atoms with Crippen molar-refractivity contribution in [3.8, 4) is 0 Å². The molecule has 1 saturated heterocycles. The molecular weight excluding hydrogens is 166 g/mol. The first kappa shape index (κ1) is 8.19. The molecule has 1 unspecified atom stereocenters. The summed E-state index contributed by atoms with van der Waals surface area (Å²) in [6.07, 6.45) is 4.94. The molecular formula is C9H11N3O. The number of hydrogen-bond donors (Lipinski definition) is 2. The zero-order valence-corrected chi connectivity index (χ0v) is 7.16. The van der Waals surface area contributed by atoms with Crippen molar-refractivity contribution < 1.29 is 4.79 Å². The zero-order chi connectivity index (χ0) is 9.10. The van der Waals surface area contributed by atoms with Crippen molar-refractivity contribution >= 4 is 5.91 Å². The normalized spacial score (nSPS) is 22.5. The molecule has 1 fully saturated rings. The molecule has 0 aliphatic carbocycles. The number of hydrazine groups is 1. The third kappa shape index (κ3) is 1.84. The Labute approximate surface area is 76.3 Å². The van der Waals surface area contributed by atoms with Crippen LogP contribution in [0.15, 0.2) is 24.5 Å². The lowest BCUT2D eigenvalue weighted by molar-refractivity contribution is -0.124. The van der Waals surface area contributed by atoms with Crippen LogP contribution in [-0.4, -0.2) is 10.9 Å². The molecule has 0 spiro atoms. The molecule has 1 aliphatic rings. The van der Waals surface area contributed by atoms with E-state index in [-0.39, 0.29) is 11.9 Å². The predicted octanol–water partition coefficient (Wildman–Crippen LogP) is 0.537. The van der Waals surface area contributed by atoms with Crippen molar-refractivity contribution in [1.82, 2.24) is 15.8 Å². The van der Waals surface area contributed by atoms with Crippen LogP contribution in [0.1, 0.15) is 24.4 Å². The van der Waals surface area contributed by atoms with Crippen molar-refractivity contribution in [2.24, 2.45) is 0 Å². The minimum atomic E-state index is 0.0605. The maximum Gasteiger partial charge on any atom is 0.234 e. The second kappa shape index (κ2) is 3.53. The van der Waals surface area contributed by atoms with Crippen LogP contribution in [0, 0.1) is 0 Å². The van der Waals surface area contributed by atoms with E-state index in [9.17, 15) is 4.79 Å². The largest absolute Gasteiger partial charge is 0.291 e. The van der Waals surface area contributed by atoms with Crippen molar-refractivity contribution in [2.75, 3.05) is 0 Å². The molecule has 2 rings (SSSR count). The molecule has 0 saturated carbocycles. The number of nitrogens with zero attached hydrogens (tertiary/aromatic N) is 1. The van der Waals surface area contributed by atoms with Crippen molar-refractivity contribution in [1.29, 1.82) is 0 Å². The molecule has 2 N–H and O–H groups in total. The van der Waals surface area contributed by atoms with Crippen LogP contribution in [0.3, 0.4) is 0 Å². The fourth-order valence-electron chi connectivity index (χ4n) is 1.42. The second-order valence-electron chi connectivity index (χ2n) is 3.06. The first-order valence-corrected chi connectivity index (χ1v) is 4.30. The van der Waals surface area contributed by atoms with E-state index in [1.165, 1.54) is 0 Å². The van der Waals surface area contributed by atoms with Gasteiger partial charge in [0, 0.05) is 18.8 Å². The number of hydrogen-bond acceptors (Lipinski definition) is 3. The topological polar surface area (TPSA) is 54.0 Å². The summed E-state index contributed by atoms with van der Waals surface area (Å²) in [6, 6.07) is 4.13. The van der Waals surface area contributed by atoms with Gasteiger partial charge in [-0.1, -0.05) is 0 Å². The van der Waals surface area contributed by atoms with Crippen LogP contribution >= 0.6 is 0 Å². The summed E-state index contributed by atoms with van der Waals surface area (Å²) in [5.41, 5.74) is 6.74. The van der Waals surface area contributed by atoms with Gasteiger partial charge in [-0.2, -0.15) is 0 Å². The van der Waals surface area contributed by atoms with E-state index < -0.39 is 0 Å². The Bertz CT molecular complexity index is 289. The Morgan fingerprint density at radius 2 is 2.15 bits per heavy atom. The van der Waals surface area contributed by atoms with E-state index >= 15 is 0 Å². The number of rotatable bonds is 1. The SMILES string of the molecule is O=C1CCC(c2ccncc2)NN1. The summed E-state index contributed by atoms with van der Waals surface area (Å²) in [6.45, 7) is 0. The van der Waals surface area contributed by atoms with Gasteiger partial charge < -0.3 is 0 Å². The summed E-state index contributed by atoms with van der Waals surface area (Å²) in [5.74, 6) is 0.0605. The number of aromatic nitrogens is 1. The molecule has 1 aromatic heterocycles. The molecule has 2 heterocycles. The lowest BCUT2D eigenvalue weighted by Crippen LogP contribution is -2.44. The van der Waals surface area contributed by atoms with Crippen LogP contribution in [0.2, 0.25) is 0 Å². The zero-order valence-electron chi connectivity index (χ0n) is 7.16. The molecule has 1 aromatic rings. The Morgan fingerprint density at radius 3 is 2.77 bits per heavy atom. The van der Waals surface area contributed by atoms with Gasteiger partial charge in [0.1, 0.15) is 0 Å². The van der Waals surface area contributed by atoms with Crippen molar-refractivity contribution in [3.63, 3.8) is 0 Å². The van der Waals surface area contributed by atoms with Gasteiger partial charge in [-0.3, -0.25) is 15.2 Å². The highest BCUT2D eigenvalue weighted by atomic mass is 16.2. The summed E-state index contributed by atoms with van der Waals surface area (Å²) in [4.78, 5) is 14.8. The van der Waals surface area contributed by atoms with Gasteiger partial charge in [0.05, 0.1) is 6.04 Å². The van der Waals surface area contributed by atoms with Gasteiger partial charge in [-0.25, -0.2) is 5.43 Å². The highest BCUT2D eigenvalue weighted by Crippen LogP contribution is 2.18. The Kier molecular flexibility index (Phi) is 2.23. The molecule has 13 heavy (non-hydrogen) atoms. The average molecular weight is 177 g/mol. The summed E-state index contributed by atoms with van der Waals surface area (Å²) >= 11 is 0. The predicted molar refractivity (Wildman–Crippen MR) is 47.5 cm³/mol. The van der Waals surface area contributed by atoms with Crippen LogP contribution in [0.25, 0.3) is 0 Å². The highest BCUT2D eigenvalue weighted by Gasteiger charge is 2.18. The van der Waals surface area contributed by atoms with Crippen molar-refractivity contribution in [2.45, 2.75) is 18.9 Å². The fraction of sp³-hybridized carbons (Fsp3) is 0.333. The summed E-state index contributed by atoms with van der Waals surface area (Å²) in [5, 5.41) is 0. The number of nitrogens with one attached hydrogen (secondary N) is 2. The van der Waals surface area contributed by atoms with E-state index in [0.717, 1.165) is 12.0 Å². The monoisotopic (exact) mass is 177 g/mol. The van der Waals surface area contributed by atoms with E-state index in [2.05, 4.69) is 15.8 Å². The summed E-state index contributed by atoms with van der Waals surface area (Å²) in [7, 11) is 0. The minimum absolute atomic E-state index is 0.0605. The van der Waals surface area contributed by atoms with Crippen LogP contribution in [-0.2, 0) is 4.79 Å². The third-order valence-corrected chi connectivity index (χ3v) is 2.15. The van der Waals surface area contributed by atoms with E-state index in [0.29, 0.717) is 6.42 Å². The number of pyridine rings is 1. The molecule has 0 aromatic carbocycles. The standard InChI is InChI=1S/C9H11N3O/c13-9-2-1-8(11-12-9)7-3-5-10-6-4-7/h3-6,8,11H,1-2H2,(H,12,13). The number of amides is 1. The Hall–Kier alpha value is -1.42. The maximum atomic E-state index is 10.9. The van der Waals surface area contributed by atoms with Gasteiger partial charge in [-0.15, -0.1) is 0 Å². The Balaban J connectivity index is 2.07. The average Bonchev–Trinajstić information content (AvgIpc) is 2.20. The van der Waals surface area contributed by atoms with E-state index in [1.54, 1.807) is 12.4 Å². The maximum absolute atomic E-state index is 10.9. The second-order valence-corrected chi connectivity index (χ2v) is 3.06. The number of carbonyl (C=O) groups is 1. The molecule has 1 aliphatic heterocycles. The van der Waals surface area contributed by atoms with Gasteiger partial charge in [0.25, 0.3) is 0 Å². The van der Waals surface area contributed by atoms with E-state index in [1.807, 2.05) is 12.1 Å². The van der Waals surface area contributed by atoms with Crippen LogP contribution < -0.4 is 10.9 Å². The molecule has 0 bridgehead atoms. The first-order chi connectivity index (χ1) is 6.36. The van der Waals surface area contributed by atoms with Gasteiger partial charge >= 0.3 is 0 Å². The molecule has 1 amide bonds. The van der Waals surface area contributed by atoms with Crippen molar-refractivity contribution in [3.05, 3.63) is 30.1 Å². The minimum Gasteiger partial charge on any atom is -0.291 e. The Morgan fingerprint density at radius 1 is 1.38 bits per heavy atom. The lowest BCUT2D eigenvalue weighted by Gasteiger charge is -2.23. The smallest absolute Gasteiger partial charge is 0.234 e. The lowest BCUT2D eigenvalue weighted by atomic mass is 10.0. The quantitative estimate of drug-likeness (QED) is 0.658. The highest BCUT2D eigenvalue weighted by molar-refractivity contribution is 5.76. The van der Waals surface area contributed by atoms with Gasteiger partial charge in [0.2, 0.25) is 5.91 Å². The van der Waals surface area contributed by atoms with Crippen LogP contribution in [0.5, 0.6) is 0 Å². The molecule has 1 atom stereocenters. The molecule has 4 heteroatoms. The molecule has 0 radical (unpaired) electrons. The van der Waals surface area contributed by atoms with E-state index in [4.69, 9.17) is 0 Å². The summed E-state index contributed by atoms with van der Waals surface area (Å²) < 4.78 is 0. The first-order valence-electron chi connectivity index (χ1n) is 4.30. The van der Waals surface area contributed by atoms with Gasteiger partial charge in [-0.05, 0) is 24.1 Å². The number of carbonyl (C=O) groups excluding carboxylic acids is 1. The molecule has 4 nitrogen and oxygen atoms in total. The van der Waals surface area contributed by atoms with Gasteiger partial charge in [0.15, 0.2) is 0 Å². The third-order valence-electron chi connectivity index (χ3n) is 2.15. The molecule has 68 valence electrons. The van der Waals surface area contributed by atoms with Crippen LogP contribution in [0.4, 0.5) is 0 Å². The fourth-order valence-corrected chi connectivity index (χ4v) is 1.42.